The summed E-state index contributed by atoms with van der Waals surface area (Å²) < 4.78 is 0. The number of para-hydroxylation sites is 2. The lowest BCUT2D eigenvalue weighted by Crippen LogP contribution is -2.03. The van der Waals surface area contributed by atoms with Crippen LogP contribution in [0.15, 0.2) is 48.5 Å². The topological polar surface area (TPSA) is 40.5 Å². The molecule has 2 nitrogen and oxygen atoms in total. The molecule has 0 bridgehead atoms. The van der Waals surface area contributed by atoms with E-state index in [0.29, 0.717) is 0 Å². The predicted octanol–water partition coefficient (Wildman–Crippen LogP) is 1.73. The van der Waals surface area contributed by atoms with E-state index in [9.17, 15) is 10.2 Å². The second-order valence-corrected chi connectivity index (χ2v) is 4.49. The number of hydrogen-bond acceptors (Lipinski definition) is 2. The summed E-state index contributed by atoms with van der Waals surface area (Å²) in [5.41, 5.74) is 0. The number of benzene rings is 2. The largest absolute Gasteiger partial charge is 0.507 e. The first-order chi connectivity index (χ1) is 7.27. The fourth-order valence-electron chi connectivity index (χ4n) is 1.30. The van der Waals surface area contributed by atoms with E-state index >= 15 is 0 Å². The molecule has 3 heteroatoms. The van der Waals surface area contributed by atoms with Crippen LogP contribution in [0, 0.1) is 0 Å². The Hall–Kier alpha value is -1.53. The molecular weight excluding hydrogens is 207 g/mol. The zero-order valence-corrected chi connectivity index (χ0v) is 9.01. The monoisotopic (exact) mass is 218 g/mol. The molecule has 2 aromatic rings. The van der Waals surface area contributed by atoms with E-state index < -0.39 is 0 Å². The third-order valence-electron chi connectivity index (χ3n) is 2.08. The molecule has 2 rings (SSSR count). The predicted molar refractivity (Wildman–Crippen MR) is 63.8 cm³/mol. The normalized spacial score (nSPS) is 10.1. The van der Waals surface area contributed by atoms with Gasteiger partial charge >= 0.3 is 0 Å². The van der Waals surface area contributed by atoms with E-state index in [2.05, 4.69) is 0 Å². The molecule has 0 aliphatic heterocycles. The van der Waals surface area contributed by atoms with Gasteiger partial charge in [0.25, 0.3) is 0 Å². The fraction of sp³-hybridized carbons (Fsp3) is 0. The Morgan fingerprint density at radius 1 is 0.667 bits per heavy atom. The highest BCUT2D eigenvalue weighted by Gasteiger charge is 2.04. The minimum Gasteiger partial charge on any atom is -0.507 e. The van der Waals surface area contributed by atoms with Crippen molar-refractivity contribution in [1.29, 1.82) is 0 Å². The van der Waals surface area contributed by atoms with Crippen molar-refractivity contribution in [3.63, 3.8) is 0 Å². The molecule has 0 saturated carbocycles. The van der Waals surface area contributed by atoms with Gasteiger partial charge in [0.2, 0.25) is 0 Å². The maximum absolute atomic E-state index is 9.59. The molecule has 0 aromatic heterocycles. The zero-order chi connectivity index (χ0) is 10.7. The third-order valence-corrected chi connectivity index (χ3v) is 3.46. The van der Waals surface area contributed by atoms with Gasteiger partial charge in [-0.25, -0.2) is 0 Å². The Kier molecular flexibility index (Phi) is 2.89. The van der Waals surface area contributed by atoms with Gasteiger partial charge < -0.3 is 10.2 Å². The lowest BCUT2D eigenvalue weighted by Gasteiger charge is -2.05. The number of rotatable bonds is 2. The van der Waals surface area contributed by atoms with E-state index in [4.69, 9.17) is 0 Å². The highest BCUT2D eigenvalue weighted by atomic mass is 31.1. The molecule has 2 aromatic carbocycles. The summed E-state index contributed by atoms with van der Waals surface area (Å²) >= 11 is 0. The quantitative estimate of drug-likeness (QED) is 0.753. The van der Waals surface area contributed by atoms with Gasteiger partial charge in [0.1, 0.15) is 11.5 Å². The van der Waals surface area contributed by atoms with Gasteiger partial charge in [-0.1, -0.05) is 45.0 Å². The van der Waals surface area contributed by atoms with Crippen LogP contribution in [-0.2, 0) is 0 Å². The Labute approximate surface area is 90.0 Å². The molecule has 0 atom stereocenters. The molecule has 0 saturated heterocycles. The molecule has 0 heterocycles. The van der Waals surface area contributed by atoms with Crippen molar-refractivity contribution in [3.05, 3.63) is 48.5 Å². The molecule has 0 fully saturated rings. The first-order valence-electron chi connectivity index (χ1n) is 4.60. The van der Waals surface area contributed by atoms with E-state index in [0.717, 1.165) is 10.6 Å². The minimum atomic E-state index is 0.274. The van der Waals surface area contributed by atoms with E-state index in [-0.39, 0.29) is 20.1 Å². The lowest BCUT2D eigenvalue weighted by atomic mass is 10.3. The van der Waals surface area contributed by atoms with Gasteiger partial charge in [0.05, 0.1) is 0 Å². The molecule has 2 N–H and O–H groups in total. The lowest BCUT2D eigenvalue weighted by molar-refractivity contribution is 0.479. The number of hydrogen-bond donors (Lipinski definition) is 2. The van der Waals surface area contributed by atoms with Gasteiger partial charge in [-0.3, -0.25) is 0 Å². The van der Waals surface area contributed by atoms with Crippen LogP contribution in [0.1, 0.15) is 0 Å². The van der Waals surface area contributed by atoms with Gasteiger partial charge in [0, 0.05) is 10.6 Å². The summed E-state index contributed by atoms with van der Waals surface area (Å²) in [6, 6.07) is 14.4. The van der Waals surface area contributed by atoms with Gasteiger partial charge in [-0.05, 0) is 12.1 Å². The van der Waals surface area contributed by atoms with Crippen molar-refractivity contribution in [2.24, 2.45) is 0 Å². The van der Waals surface area contributed by atoms with Crippen LogP contribution in [0.25, 0.3) is 0 Å². The molecule has 0 aliphatic rings. The summed E-state index contributed by atoms with van der Waals surface area (Å²) in [6.07, 6.45) is 0. The molecule has 15 heavy (non-hydrogen) atoms. The van der Waals surface area contributed by atoms with Crippen LogP contribution < -0.4 is 10.6 Å². The van der Waals surface area contributed by atoms with Crippen molar-refractivity contribution < 1.29 is 10.2 Å². The molecule has 76 valence electrons. The Morgan fingerprint density at radius 3 is 1.47 bits per heavy atom. The van der Waals surface area contributed by atoms with Crippen molar-refractivity contribution in [1.82, 2.24) is 0 Å². The highest BCUT2D eigenvalue weighted by Crippen LogP contribution is 2.21. The zero-order valence-electron chi connectivity index (χ0n) is 8.01. The molecule has 0 spiro atoms. The Bertz CT molecular complexity index is 425. The summed E-state index contributed by atoms with van der Waals surface area (Å²) in [5, 5.41) is 20.9. The first kappa shape index (κ1) is 10.0. The summed E-state index contributed by atoms with van der Waals surface area (Å²) in [4.78, 5) is 0. The average Bonchev–Trinajstić information content (AvgIpc) is 2.24. The van der Waals surface area contributed by atoms with E-state index in [1.165, 1.54) is 0 Å². The molecule has 0 amide bonds. The summed E-state index contributed by atoms with van der Waals surface area (Å²) in [6.45, 7) is 0. The molecule has 0 unspecified atom stereocenters. The van der Waals surface area contributed by atoms with Crippen molar-refractivity contribution >= 4 is 19.2 Å². The van der Waals surface area contributed by atoms with E-state index in [1.807, 2.05) is 24.3 Å². The van der Waals surface area contributed by atoms with Crippen molar-refractivity contribution in [2.45, 2.75) is 0 Å². The maximum atomic E-state index is 9.59. The average molecular weight is 218 g/mol. The highest BCUT2D eigenvalue weighted by molar-refractivity contribution is 7.56. The Balaban J connectivity index is 2.30. The smallest absolute Gasteiger partial charge is 0.123 e. The molecule has 0 aliphatic carbocycles. The number of phenols is 2. The maximum Gasteiger partial charge on any atom is 0.123 e. The number of aromatic hydroxyl groups is 2. The number of phenolic OH excluding ortho intramolecular Hbond substituents is 2. The fourth-order valence-corrected chi connectivity index (χ4v) is 2.38. The van der Waals surface area contributed by atoms with Gasteiger partial charge in [-0.2, -0.15) is 0 Å². The molecular formula is C12H11O2P. The summed E-state index contributed by atoms with van der Waals surface area (Å²) in [5.74, 6) is 0.554. The van der Waals surface area contributed by atoms with Gasteiger partial charge in [0.15, 0.2) is 0 Å². The first-order valence-corrected chi connectivity index (χ1v) is 5.60. The molecule has 0 radical (unpaired) electrons. The standard InChI is InChI=1S/C12H11O2P/c13-9-5-1-3-7-11(9)15-12-8-4-2-6-10(12)14/h1-8,13-15H. The Morgan fingerprint density at radius 2 is 1.07 bits per heavy atom. The van der Waals surface area contributed by atoms with Crippen molar-refractivity contribution in [2.75, 3.05) is 0 Å². The van der Waals surface area contributed by atoms with Crippen LogP contribution in [-0.4, -0.2) is 10.2 Å². The van der Waals surface area contributed by atoms with Crippen molar-refractivity contribution in [3.8, 4) is 11.5 Å². The second kappa shape index (κ2) is 4.33. The third kappa shape index (κ3) is 2.28. The minimum absolute atomic E-state index is 0.274. The van der Waals surface area contributed by atoms with E-state index in [1.54, 1.807) is 24.3 Å². The SMILES string of the molecule is Oc1ccccc1Pc1ccccc1O. The van der Waals surface area contributed by atoms with Crippen LogP contribution in [0.4, 0.5) is 0 Å². The van der Waals surface area contributed by atoms with Crippen LogP contribution >= 0.6 is 8.58 Å². The second-order valence-electron chi connectivity index (χ2n) is 3.16. The van der Waals surface area contributed by atoms with Crippen LogP contribution in [0.5, 0.6) is 11.5 Å². The summed E-state index contributed by atoms with van der Waals surface area (Å²) in [7, 11) is 0.274. The van der Waals surface area contributed by atoms with Gasteiger partial charge in [-0.15, -0.1) is 0 Å². The van der Waals surface area contributed by atoms with Crippen LogP contribution in [0.2, 0.25) is 0 Å². The van der Waals surface area contributed by atoms with Crippen LogP contribution in [0.3, 0.4) is 0 Å².